The molecule has 1 amide bonds. The topological polar surface area (TPSA) is 67.2 Å². The third kappa shape index (κ3) is 2.91. The molecule has 23 heavy (non-hydrogen) atoms. The fraction of sp³-hybridized carbons (Fsp3) is 0.500. The van der Waals surface area contributed by atoms with E-state index in [-0.39, 0.29) is 11.7 Å². The number of hydrogen-bond donors (Lipinski definition) is 0. The van der Waals surface area contributed by atoms with Crippen molar-refractivity contribution >= 4 is 11.7 Å². The minimum absolute atomic E-state index is 0.117. The van der Waals surface area contributed by atoms with Gasteiger partial charge in [-0.25, -0.2) is 9.97 Å². The molecule has 0 aromatic carbocycles. The first-order chi connectivity index (χ1) is 11.2. The Labute approximate surface area is 134 Å². The van der Waals surface area contributed by atoms with Crippen LogP contribution in [-0.4, -0.2) is 50.2 Å². The molecule has 2 aromatic rings. The highest BCUT2D eigenvalue weighted by atomic mass is 16.2. The Balaban J connectivity index is 1.59. The lowest BCUT2D eigenvalue weighted by Crippen LogP contribution is -2.36. The van der Waals surface area contributed by atoms with E-state index in [1.807, 2.05) is 17.2 Å². The maximum Gasteiger partial charge on any atom is 0.293 e. The molecule has 7 heteroatoms. The predicted octanol–water partition coefficient (Wildman–Crippen LogP) is 1.08. The minimum Gasteiger partial charge on any atom is -0.354 e. The summed E-state index contributed by atoms with van der Waals surface area (Å²) in [5.41, 5.74) is 1.09. The van der Waals surface area contributed by atoms with E-state index in [1.165, 1.54) is 12.8 Å². The summed E-state index contributed by atoms with van der Waals surface area (Å²) in [5.74, 6) is 1.94. The van der Waals surface area contributed by atoms with Crippen molar-refractivity contribution in [1.82, 2.24) is 24.6 Å². The Morgan fingerprint density at radius 3 is 2.91 bits per heavy atom. The molecule has 1 aliphatic carbocycles. The van der Waals surface area contributed by atoms with Gasteiger partial charge >= 0.3 is 0 Å². The van der Waals surface area contributed by atoms with E-state index < -0.39 is 0 Å². The van der Waals surface area contributed by atoms with E-state index in [4.69, 9.17) is 0 Å². The lowest BCUT2D eigenvalue weighted by atomic mass is 10.2. The molecule has 3 heterocycles. The Hall–Kier alpha value is -2.44. The molecule has 0 radical (unpaired) electrons. The van der Waals surface area contributed by atoms with Gasteiger partial charge in [0.15, 0.2) is 0 Å². The maximum absolute atomic E-state index is 12.7. The molecule has 4 rings (SSSR count). The normalized spacial score (nSPS) is 17.8. The number of rotatable bonds is 3. The van der Waals surface area contributed by atoms with Gasteiger partial charge in [-0.1, -0.05) is 6.07 Å². The van der Waals surface area contributed by atoms with Crippen molar-refractivity contribution in [3.63, 3.8) is 0 Å². The lowest BCUT2D eigenvalue weighted by Gasteiger charge is -2.23. The molecule has 1 saturated carbocycles. The average molecular weight is 312 g/mol. The summed E-state index contributed by atoms with van der Waals surface area (Å²) in [7, 11) is 1.77. The molecule has 0 saturated heterocycles. The standard InChI is InChI=1S/C16H20N6O/c1-20-11-18-14(19-20)16(23)22-8-7-21(9-12-4-5-12)15-13(10-22)3-2-6-17-15/h2-3,6,11-12H,4-5,7-10H2,1H3. The zero-order chi connectivity index (χ0) is 15.8. The number of amides is 1. The van der Waals surface area contributed by atoms with Gasteiger partial charge in [0.25, 0.3) is 5.91 Å². The van der Waals surface area contributed by atoms with Crippen LogP contribution in [0.3, 0.4) is 0 Å². The highest BCUT2D eigenvalue weighted by Gasteiger charge is 2.30. The third-order valence-electron chi connectivity index (χ3n) is 4.42. The molecule has 7 nitrogen and oxygen atoms in total. The average Bonchev–Trinajstić information content (AvgIpc) is 3.31. The number of carbonyl (C=O) groups excluding carboxylic acids is 1. The molecule has 1 aliphatic heterocycles. The molecule has 1 fully saturated rings. The van der Waals surface area contributed by atoms with Gasteiger partial charge in [0, 0.05) is 45.0 Å². The van der Waals surface area contributed by atoms with Crippen LogP contribution in [-0.2, 0) is 13.6 Å². The van der Waals surface area contributed by atoms with Crippen LogP contribution in [0.5, 0.6) is 0 Å². The number of hydrogen-bond acceptors (Lipinski definition) is 5. The third-order valence-corrected chi connectivity index (χ3v) is 4.42. The Morgan fingerprint density at radius 1 is 1.30 bits per heavy atom. The summed E-state index contributed by atoms with van der Waals surface area (Å²) in [6.45, 7) is 3.06. The van der Waals surface area contributed by atoms with Crippen LogP contribution in [0.15, 0.2) is 24.7 Å². The second-order valence-electron chi connectivity index (χ2n) is 6.34. The number of fused-ring (bicyclic) bond motifs is 1. The number of nitrogens with zero attached hydrogens (tertiary/aromatic N) is 6. The van der Waals surface area contributed by atoms with Crippen molar-refractivity contribution in [3.8, 4) is 0 Å². The largest absolute Gasteiger partial charge is 0.354 e. The Bertz CT molecular complexity index is 723. The van der Waals surface area contributed by atoms with Crippen LogP contribution >= 0.6 is 0 Å². The van der Waals surface area contributed by atoms with Crippen LogP contribution in [0.25, 0.3) is 0 Å². The first kappa shape index (κ1) is 14.2. The fourth-order valence-corrected chi connectivity index (χ4v) is 3.01. The van der Waals surface area contributed by atoms with Gasteiger partial charge in [-0.15, -0.1) is 5.10 Å². The number of aryl methyl sites for hydroxylation is 1. The van der Waals surface area contributed by atoms with Crippen molar-refractivity contribution in [2.45, 2.75) is 19.4 Å². The van der Waals surface area contributed by atoms with E-state index in [0.717, 1.165) is 30.4 Å². The van der Waals surface area contributed by atoms with Crippen molar-refractivity contribution in [1.29, 1.82) is 0 Å². The van der Waals surface area contributed by atoms with Crippen molar-refractivity contribution in [3.05, 3.63) is 36.0 Å². The SMILES string of the molecule is Cn1cnc(C(=O)N2CCN(CC3CC3)c3ncccc3C2)n1. The molecule has 0 N–H and O–H groups in total. The molecule has 120 valence electrons. The second kappa shape index (κ2) is 5.64. The van der Waals surface area contributed by atoms with Crippen LogP contribution in [0, 0.1) is 5.92 Å². The monoisotopic (exact) mass is 312 g/mol. The van der Waals surface area contributed by atoms with E-state index in [9.17, 15) is 4.79 Å². The van der Waals surface area contributed by atoms with Gasteiger partial charge in [-0.3, -0.25) is 9.48 Å². The van der Waals surface area contributed by atoms with E-state index >= 15 is 0 Å². The number of carbonyl (C=O) groups is 1. The summed E-state index contributed by atoms with van der Waals surface area (Å²) in [5, 5.41) is 4.13. The molecule has 0 spiro atoms. The second-order valence-corrected chi connectivity index (χ2v) is 6.34. The predicted molar refractivity (Wildman–Crippen MR) is 84.9 cm³/mol. The summed E-state index contributed by atoms with van der Waals surface area (Å²) in [6, 6.07) is 3.99. The van der Waals surface area contributed by atoms with Gasteiger partial charge in [-0.05, 0) is 24.8 Å². The van der Waals surface area contributed by atoms with E-state index in [0.29, 0.717) is 13.1 Å². The highest BCUT2D eigenvalue weighted by molar-refractivity contribution is 5.90. The fourth-order valence-electron chi connectivity index (χ4n) is 3.01. The van der Waals surface area contributed by atoms with Crippen molar-refractivity contribution in [2.24, 2.45) is 13.0 Å². The van der Waals surface area contributed by atoms with Crippen LogP contribution in [0.2, 0.25) is 0 Å². The van der Waals surface area contributed by atoms with Gasteiger partial charge in [0.1, 0.15) is 12.1 Å². The first-order valence-electron chi connectivity index (χ1n) is 8.04. The Kier molecular flexibility index (Phi) is 3.48. The molecule has 2 aromatic heterocycles. The maximum atomic E-state index is 12.7. The number of pyridine rings is 1. The molecule has 0 unspecified atom stereocenters. The molecular formula is C16H20N6O. The van der Waals surface area contributed by atoms with E-state index in [1.54, 1.807) is 18.1 Å². The number of anilines is 1. The lowest BCUT2D eigenvalue weighted by molar-refractivity contribution is 0.0739. The number of aromatic nitrogens is 4. The van der Waals surface area contributed by atoms with Crippen molar-refractivity contribution in [2.75, 3.05) is 24.5 Å². The van der Waals surface area contributed by atoms with Crippen LogP contribution in [0.4, 0.5) is 5.82 Å². The smallest absolute Gasteiger partial charge is 0.293 e. The molecular weight excluding hydrogens is 292 g/mol. The minimum atomic E-state index is -0.117. The zero-order valence-electron chi connectivity index (χ0n) is 13.2. The van der Waals surface area contributed by atoms with Gasteiger partial charge in [0.2, 0.25) is 5.82 Å². The quantitative estimate of drug-likeness (QED) is 0.848. The Morgan fingerprint density at radius 2 is 2.17 bits per heavy atom. The zero-order valence-corrected chi connectivity index (χ0v) is 13.2. The summed E-state index contributed by atoms with van der Waals surface area (Å²) >= 11 is 0. The van der Waals surface area contributed by atoms with Crippen LogP contribution < -0.4 is 4.90 Å². The summed E-state index contributed by atoms with van der Waals surface area (Å²) < 4.78 is 1.56. The van der Waals surface area contributed by atoms with Crippen molar-refractivity contribution < 1.29 is 4.79 Å². The summed E-state index contributed by atoms with van der Waals surface area (Å²) in [4.78, 5) is 25.5. The van der Waals surface area contributed by atoms with Gasteiger partial charge in [-0.2, -0.15) is 0 Å². The molecule has 0 bridgehead atoms. The molecule has 2 aliphatic rings. The molecule has 0 atom stereocenters. The van der Waals surface area contributed by atoms with Crippen LogP contribution in [0.1, 0.15) is 29.0 Å². The highest BCUT2D eigenvalue weighted by Crippen LogP contribution is 2.32. The van der Waals surface area contributed by atoms with E-state index in [2.05, 4.69) is 26.0 Å². The first-order valence-corrected chi connectivity index (χ1v) is 8.04. The summed E-state index contributed by atoms with van der Waals surface area (Å²) in [6.07, 6.45) is 5.99. The van der Waals surface area contributed by atoms with Gasteiger partial charge < -0.3 is 9.80 Å². The van der Waals surface area contributed by atoms with Gasteiger partial charge in [0.05, 0.1) is 0 Å².